The summed E-state index contributed by atoms with van der Waals surface area (Å²) in [5.41, 5.74) is 1.79. The van der Waals surface area contributed by atoms with Crippen LogP contribution in [0.1, 0.15) is 11.1 Å². The molecule has 3 aromatic carbocycles. The van der Waals surface area contributed by atoms with Crippen LogP contribution in [-0.4, -0.2) is 5.71 Å². The Labute approximate surface area is 166 Å². The Morgan fingerprint density at radius 1 is 0.607 bits per heavy atom. The topological polar surface area (TPSA) is 24.4 Å². The molecule has 144 valence electrons. The molecule has 0 atom stereocenters. The van der Waals surface area contributed by atoms with Crippen LogP contribution in [0.4, 0.5) is 27.6 Å². The highest BCUT2D eigenvalue weighted by atomic mass is 35.5. The summed E-state index contributed by atoms with van der Waals surface area (Å²) in [7, 11) is 0. The van der Waals surface area contributed by atoms with Gasteiger partial charge in [-0.1, -0.05) is 47.5 Å². The molecule has 0 aromatic heterocycles. The summed E-state index contributed by atoms with van der Waals surface area (Å²) in [6, 6.07) is 12.5. The zero-order valence-electron chi connectivity index (χ0n) is 13.7. The minimum atomic E-state index is -2.25. The highest BCUT2D eigenvalue weighted by Gasteiger charge is 2.25. The van der Waals surface area contributed by atoms with Crippen molar-refractivity contribution in [3.8, 4) is 0 Å². The van der Waals surface area contributed by atoms with Gasteiger partial charge in [-0.15, -0.1) is 0 Å². The van der Waals surface area contributed by atoms with Gasteiger partial charge in [-0.05, 0) is 24.3 Å². The summed E-state index contributed by atoms with van der Waals surface area (Å²) in [5, 5.41) is 4.75. The van der Waals surface area contributed by atoms with E-state index in [2.05, 4.69) is 5.10 Å². The molecule has 0 radical (unpaired) electrons. The molecule has 0 saturated carbocycles. The Balaban J connectivity index is 2.10. The summed E-state index contributed by atoms with van der Waals surface area (Å²) >= 11 is 11.7. The van der Waals surface area contributed by atoms with E-state index in [1.54, 1.807) is 48.5 Å². The fourth-order valence-electron chi connectivity index (χ4n) is 2.33. The SMILES string of the molecule is Fc1c(F)c(F)c(NN=C(c2ccc(Cl)cc2)c2ccc(Cl)cc2)c(F)c1F. The molecule has 9 heteroatoms. The lowest BCUT2D eigenvalue weighted by molar-refractivity contribution is 0.381. The second-order valence-corrected chi connectivity index (χ2v) is 6.40. The van der Waals surface area contributed by atoms with E-state index in [4.69, 9.17) is 23.2 Å². The fourth-order valence-corrected chi connectivity index (χ4v) is 2.58. The Morgan fingerprint density at radius 2 is 0.964 bits per heavy atom. The molecule has 28 heavy (non-hydrogen) atoms. The monoisotopic (exact) mass is 430 g/mol. The quantitative estimate of drug-likeness (QED) is 0.164. The van der Waals surface area contributed by atoms with Crippen LogP contribution in [0, 0.1) is 29.1 Å². The first-order valence-corrected chi connectivity index (χ1v) is 8.42. The molecule has 0 amide bonds. The Kier molecular flexibility index (Phi) is 5.86. The van der Waals surface area contributed by atoms with E-state index in [9.17, 15) is 22.0 Å². The van der Waals surface area contributed by atoms with Crippen molar-refractivity contribution in [3.05, 3.63) is 98.8 Å². The zero-order valence-corrected chi connectivity index (χ0v) is 15.2. The van der Waals surface area contributed by atoms with Crippen LogP contribution >= 0.6 is 23.2 Å². The number of nitrogens with zero attached hydrogens (tertiary/aromatic N) is 1. The third-order valence-corrected chi connectivity index (χ3v) is 4.23. The lowest BCUT2D eigenvalue weighted by Crippen LogP contribution is -2.10. The van der Waals surface area contributed by atoms with E-state index in [1.165, 1.54) is 0 Å². The number of hydrogen-bond acceptors (Lipinski definition) is 2. The van der Waals surface area contributed by atoms with Gasteiger partial charge in [0.25, 0.3) is 0 Å². The largest absolute Gasteiger partial charge is 0.272 e. The number of benzene rings is 3. The van der Waals surface area contributed by atoms with Gasteiger partial charge >= 0.3 is 0 Å². The van der Waals surface area contributed by atoms with E-state index >= 15 is 0 Å². The number of rotatable bonds is 4. The highest BCUT2D eigenvalue weighted by Crippen LogP contribution is 2.27. The molecule has 0 aliphatic heterocycles. The maximum Gasteiger partial charge on any atom is 0.200 e. The van der Waals surface area contributed by atoms with E-state index in [1.807, 2.05) is 5.43 Å². The van der Waals surface area contributed by atoms with E-state index in [0.717, 1.165) is 0 Å². The van der Waals surface area contributed by atoms with Crippen LogP contribution in [-0.2, 0) is 0 Å². The number of nitrogens with one attached hydrogen (secondary N) is 1. The van der Waals surface area contributed by atoms with Gasteiger partial charge in [0.05, 0.1) is 5.71 Å². The summed E-state index contributed by atoms with van der Waals surface area (Å²) < 4.78 is 67.7. The number of halogens is 7. The minimum Gasteiger partial charge on any atom is -0.272 e. The van der Waals surface area contributed by atoms with E-state index in [0.29, 0.717) is 21.2 Å². The normalized spacial score (nSPS) is 10.7. The first-order valence-electron chi connectivity index (χ1n) is 7.66. The summed E-state index contributed by atoms with van der Waals surface area (Å²) in [5.74, 6) is -10.4. The number of hydrazone groups is 1. The molecule has 0 heterocycles. The second-order valence-electron chi connectivity index (χ2n) is 5.53. The van der Waals surface area contributed by atoms with Crippen molar-refractivity contribution < 1.29 is 22.0 Å². The van der Waals surface area contributed by atoms with Gasteiger partial charge in [0, 0.05) is 21.2 Å². The van der Waals surface area contributed by atoms with Gasteiger partial charge < -0.3 is 0 Å². The Hall–Kier alpha value is -2.64. The standard InChI is InChI=1S/C19H9Cl2F5N2/c20-11-5-1-9(2-6-11)18(10-3-7-12(21)8-4-10)27-28-19-16(25)14(23)13(22)15(24)17(19)26/h1-8,28H. The molecule has 0 saturated heterocycles. The molecule has 0 aliphatic carbocycles. The average Bonchev–Trinajstić information content (AvgIpc) is 2.69. The van der Waals surface area contributed by atoms with Crippen molar-refractivity contribution in [2.75, 3.05) is 5.43 Å². The van der Waals surface area contributed by atoms with Crippen LogP contribution in [0.15, 0.2) is 53.6 Å². The van der Waals surface area contributed by atoms with E-state index < -0.39 is 34.8 Å². The molecule has 0 unspecified atom stereocenters. The molecule has 0 fully saturated rings. The maximum absolute atomic E-state index is 13.9. The first-order chi connectivity index (χ1) is 13.3. The smallest absolute Gasteiger partial charge is 0.200 e. The van der Waals surface area contributed by atoms with Gasteiger partial charge in [0.15, 0.2) is 23.3 Å². The second kappa shape index (κ2) is 8.16. The summed E-state index contributed by atoms with van der Waals surface area (Å²) in [6.07, 6.45) is 0. The number of anilines is 1. The average molecular weight is 431 g/mol. The Morgan fingerprint density at radius 3 is 1.36 bits per heavy atom. The molecule has 1 N–H and O–H groups in total. The lowest BCUT2D eigenvalue weighted by Gasteiger charge is -2.11. The Bertz CT molecular complexity index is 975. The molecule has 2 nitrogen and oxygen atoms in total. The molecule has 3 aromatic rings. The van der Waals surface area contributed by atoms with Crippen LogP contribution in [0.5, 0.6) is 0 Å². The van der Waals surface area contributed by atoms with Crippen LogP contribution in [0.3, 0.4) is 0 Å². The minimum absolute atomic E-state index is 0.164. The molecule has 0 aliphatic rings. The van der Waals surface area contributed by atoms with Gasteiger partial charge in [-0.3, -0.25) is 5.43 Å². The van der Waals surface area contributed by atoms with Gasteiger partial charge in [0.1, 0.15) is 5.69 Å². The van der Waals surface area contributed by atoms with Crippen molar-refractivity contribution in [2.45, 2.75) is 0 Å². The predicted molar refractivity (Wildman–Crippen MR) is 98.4 cm³/mol. The predicted octanol–water partition coefficient (Wildman–Crippen LogP) is 6.55. The fraction of sp³-hybridized carbons (Fsp3) is 0. The van der Waals surface area contributed by atoms with Crippen molar-refractivity contribution in [1.29, 1.82) is 0 Å². The van der Waals surface area contributed by atoms with Crippen molar-refractivity contribution in [3.63, 3.8) is 0 Å². The van der Waals surface area contributed by atoms with Gasteiger partial charge in [0.2, 0.25) is 5.82 Å². The molecular formula is C19H9Cl2F5N2. The molecular weight excluding hydrogens is 422 g/mol. The lowest BCUT2D eigenvalue weighted by atomic mass is 10.0. The summed E-state index contributed by atoms with van der Waals surface area (Å²) in [4.78, 5) is 0. The van der Waals surface area contributed by atoms with Gasteiger partial charge in [-0.25, -0.2) is 22.0 Å². The third-order valence-electron chi connectivity index (χ3n) is 3.72. The first kappa shape index (κ1) is 20.1. The number of hydrogen-bond donors (Lipinski definition) is 1. The molecule has 0 bridgehead atoms. The van der Waals surface area contributed by atoms with Crippen LogP contribution in [0.25, 0.3) is 0 Å². The third kappa shape index (κ3) is 3.95. The van der Waals surface area contributed by atoms with Crippen molar-refractivity contribution in [1.82, 2.24) is 0 Å². The van der Waals surface area contributed by atoms with E-state index in [-0.39, 0.29) is 5.71 Å². The summed E-state index contributed by atoms with van der Waals surface area (Å²) in [6.45, 7) is 0. The maximum atomic E-state index is 13.9. The molecule has 3 rings (SSSR count). The highest BCUT2D eigenvalue weighted by molar-refractivity contribution is 6.31. The van der Waals surface area contributed by atoms with Crippen molar-refractivity contribution in [2.24, 2.45) is 5.10 Å². The molecule has 0 spiro atoms. The van der Waals surface area contributed by atoms with Gasteiger partial charge in [-0.2, -0.15) is 5.10 Å². The zero-order chi connectivity index (χ0) is 20.4. The van der Waals surface area contributed by atoms with Crippen molar-refractivity contribution >= 4 is 34.6 Å². The van der Waals surface area contributed by atoms with Crippen LogP contribution in [0.2, 0.25) is 10.0 Å². The van der Waals surface area contributed by atoms with Crippen LogP contribution < -0.4 is 5.43 Å².